The second-order valence-corrected chi connectivity index (χ2v) is 7.34. The molecule has 0 amide bonds. The van der Waals surface area contributed by atoms with Crippen LogP contribution in [0.2, 0.25) is 0 Å². The van der Waals surface area contributed by atoms with Crippen LogP contribution < -0.4 is 5.73 Å². The number of hydrogen-bond acceptors (Lipinski definition) is 7. The summed E-state index contributed by atoms with van der Waals surface area (Å²) in [7, 11) is 1.49. The fourth-order valence-corrected chi connectivity index (χ4v) is 3.35. The van der Waals surface area contributed by atoms with Crippen LogP contribution in [0.3, 0.4) is 0 Å². The second kappa shape index (κ2) is 8.42. The summed E-state index contributed by atoms with van der Waals surface area (Å²) in [5.41, 5.74) is 9.65. The van der Waals surface area contributed by atoms with E-state index in [1.54, 1.807) is 30.6 Å². The molecule has 3 N–H and O–H groups in total. The monoisotopic (exact) mass is 472 g/mol. The van der Waals surface area contributed by atoms with Crippen molar-refractivity contribution in [2.24, 2.45) is 0 Å². The van der Waals surface area contributed by atoms with E-state index >= 15 is 0 Å². The molecule has 30 heavy (non-hydrogen) atoms. The van der Waals surface area contributed by atoms with Crippen molar-refractivity contribution in [1.29, 1.82) is 0 Å². The number of halogens is 2. The third kappa shape index (κ3) is 4.16. The average molecular weight is 473 g/mol. The Morgan fingerprint density at radius 2 is 2.03 bits per heavy atom. The van der Waals surface area contributed by atoms with Gasteiger partial charge in [-0.2, -0.15) is 0 Å². The van der Waals surface area contributed by atoms with Gasteiger partial charge in [-0.05, 0) is 41.1 Å². The van der Waals surface area contributed by atoms with Crippen molar-refractivity contribution in [2.75, 3.05) is 12.8 Å². The van der Waals surface area contributed by atoms with E-state index in [2.05, 4.69) is 40.8 Å². The zero-order valence-electron chi connectivity index (χ0n) is 16.1. The first-order valence-corrected chi connectivity index (χ1v) is 9.82. The highest BCUT2D eigenvalue weighted by Crippen LogP contribution is 2.31. The van der Waals surface area contributed by atoms with Gasteiger partial charge in [0.25, 0.3) is 0 Å². The lowest BCUT2D eigenvalue weighted by molar-refractivity contribution is -0.158. The number of benzene rings is 1. The van der Waals surface area contributed by atoms with E-state index in [1.807, 2.05) is 6.92 Å². The fraction of sp³-hybridized carbons (Fsp3) is 0.200. The topological polar surface area (TPSA) is 112 Å². The molecule has 3 aromatic heterocycles. The summed E-state index contributed by atoms with van der Waals surface area (Å²) in [5, 5.41) is 0. The molecule has 0 aliphatic heterocycles. The van der Waals surface area contributed by atoms with Gasteiger partial charge < -0.3 is 20.2 Å². The van der Waals surface area contributed by atoms with E-state index in [0.29, 0.717) is 32.7 Å². The first-order valence-electron chi connectivity index (χ1n) is 9.02. The third-order valence-corrected chi connectivity index (χ3v) is 4.85. The van der Waals surface area contributed by atoms with Crippen LogP contribution in [-0.2, 0) is 9.47 Å². The van der Waals surface area contributed by atoms with Gasteiger partial charge in [-0.15, -0.1) is 0 Å². The predicted octanol–water partition coefficient (Wildman–Crippen LogP) is 4.32. The minimum atomic E-state index is -0.773. The number of aromatic amines is 1. The molecule has 154 valence electrons. The van der Waals surface area contributed by atoms with Gasteiger partial charge >= 0.3 is 0 Å². The average Bonchev–Trinajstić information content (AvgIpc) is 3.14. The number of anilines is 1. The Kier molecular flexibility index (Phi) is 5.71. The van der Waals surface area contributed by atoms with E-state index in [4.69, 9.17) is 15.2 Å². The Morgan fingerprint density at radius 1 is 1.20 bits per heavy atom. The Labute approximate surface area is 179 Å². The number of fused-ring (bicyclic) bond motifs is 1. The molecule has 2 unspecified atom stereocenters. The lowest BCUT2D eigenvalue weighted by Crippen LogP contribution is -2.12. The molecule has 1 aromatic carbocycles. The number of H-pyrrole nitrogens is 1. The highest BCUT2D eigenvalue weighted by molar-refractivity contribution is 9.10. The standard InChI is InChI=1S/C20H18BrFN6O2/c1-10(30-19(29-2)11-4-3-5-12(22)6-11)14-7-15(27-20(23)26-14)13-8-24-18-17(13)28-16(21)9-25-18/h3-10,19H,1-2H3,(H,24,25)(H2,23,26,27). The largest absolute Gasteiger partial charge is 0.368 e. The van der Waals surface area contributed by atoms with Crippen molar-refractivity contribution >= 4 is 33.0 Å². The zero-order valence-corrected chi connectivity index (χ0v) is 17.7. The molecule has 0 saturated heterocycles. The van der Waals surface area contributed by atoms with Gasteiger partial charge in [0.1, 0.15) is 22.0 Å². The Hall–Kier alpha value is -2.95. The number of nitrogens with two attached hydrogens (primary N) is 1. The number of aromatic nitrogens is 5. The maximum atomic E-state index is 13.6. The van der Waals surface area contributed by atoms with Crippen LogP contribution in [0.4, 0.5) is 10.3 Å². The molecule has 0 fully saturated rings. The minimum Gasteiger partial charge on any atom is -0.368 e. The number of nitrogen functional groups attached to an aromatic ring is 1. The molecule has 0 saturated carbocycles. The molecule has 0 spiro atoms. The lowest BCUT2D eigenvalue weighted by Gasteiger charge is -2.21. The zero-order chi connectivity index (χ0) is 21.3. The van der Waals surface area contributed by atoms with Crippen molar-refractivity contribution in [3.63, 3.8) is 0 Å². The van der Waals surface area contributed by atoms with Crippen LogP contribution in [0, 0.1) is 5.82 Å². The van der Waals surface area contributed by atoms with Gasteiger partial charge in [0.2, 0.25) is 5.95 Å². The first-order chi connectivity index (χ1) is 14.4. The first kappa shape index (κ1) is 20.3. The van der Waals surface area contributed by atoms with E-state index in [9.17, 15) is 4.39 Å². The molecule has 8 nitrogen and oxygen atoms in total. The Morgan fingerprint density at radius 3 is 2.80 bits per heavy atom. The fourth-order valence-electron chi connectivity index (χ4n) is 3.08. The Balaban J connectivity index is 1.66. The van der Waals surface area contributed by atoms with E-state index in [-0.39, 0.29) is 11.8 Å². The molecular formula is C20H18BrFN6O2. The van der Waals surface area contributed by atoms with Gasteiger partial charge in [-0.1, -0.05) is 12.1 Å². The quantitative estimate of drug-likeness (QED) is 0.401. The number of nitrogens with zero attached hydrogens (tertiary/aromatic N) is 4. The molecule has 0 aliphatic rings. The van der Waals surface area contributed by atoms with Gasteiger partial charge in [-0.25, -0.2) is 24.3 Å². The smallest absolute Gasteiger partial charge is 0.220 e. The number of ether oxygens (including phenoxy) is 2. The van der Waals surface area contributed by atoms with Crippen LogP contribution >= 0.6 is 15.9 Å². The van der Waals surface area contributed by atoms with Crippen LogP contribution in [-0.4, -0.2) is 32.0 Å². The van der Waals surface area contributed by atoms with E-state index < -0.39 is 12.4 Å². The summed E-state index contributed by atoms with van der Waals surface area (Å²) in [6.45, 7) is 1.81. The van der Waals surface area contributed by atoms with Gasteiger partial charge in [0, 0.05) is 24.4 Å². The molecule has 4 rings (SSSR count). The minimum absolute atomic E-state index is 0.0926. The van der Waals surface area contributed by atoms with Crippen LogP contribution in [0.15, 0.2) is 47.3 Å². The molecular weight excluding hydrogens is 455 g/mol. The van der Waals surface area contributed by atoms with Crippen molar-refractivity contribution < 1.29 is 13.9 Å². The van der Waals surface area contributed by atoms with Gasteiger partial charge in [0.05, 0.1) is 17.6 Å². The highest BCUT2D eigenvalue weighted by Gasteiger charge is 2.20. The summed E-state index contributed by atoms with van der Waals surface area (Å²) in [6.07, 6.45) is 2.09. The van der Waals surface area contributed by atoms with Gasteiger partial charge in [0.15, 0.2) is 11.9 Å². The molecule has 0 aliphatic carbocycles. The van der Waals surface area contributed by atoms with E-state index in [1.165, 1.54) is 19.2 Å². The molecule has 2 atom stereocenters. The van der Waals surface area contributed by atoms with Gasteiger partial charge in [-0.3, -0.25) is 0 Å². The summed E-state index contributed by atoms with van der Waals surface area (Å²) < 4.78 is 25.6. The summed E-state index contributed by atoms with van der Waals surface area (Å²) in [5.74, 6) is -0.277. The molecule has 3 heterocycles. The number of nitrogens with one attached hydrogen (secondary N) is 1. The lowest BCUT2D eigenvalue weighted by atomic mass is 10.1. The van der Waals surface area contributed by atoms with Crippen LogP contribution in [0.5, 0.6) is 0 Å². The van der Waals surface area contributed by atoms with Crippen molar-refractivity contribution in [3.8, 4) is 11.3 Å². The van der Waals surface area contributed by atoms with Crippen LogP contribution in [0.1, 0.15) is 30.6 Å². The molecule has 0 bridgehead atoms. The summed E-state index contributed by atoms with van der Waals surface area (Å²) >= 11 is 3.33. The molecule has 10 heteroatoms. The summed E-state index contributed by atoms with van der Waals surface area (Å²) in [4.78, 5) is 20.4. The molecule has 0 radical (unpaired) electrons. The summed E-state index contributed by atoms with van der Waals surface area (Å²) in [6, 6.07) is 7.82. The highest BCUT2D eigenvalue weighted by atomic mass is 79.9. The normalized spacial score (nSPS) is 13.5. The van der Waals surface area contributed by atoms with Crippen molar-refractivity contribution in [2.45, 2.75) is 19.3 Å². The second-order valence-electron chi connectivity index (χ2n) is 6.53. The Bertz CT molecular complexity index is 1200. The SMILES string of the molecule is COC(OC(C)c1cc(-c2c[nH]c3ncc(Br)nc23)nc(N)n1)c1cccc(F)c1. The maximum Gasteiger partial charge on any atom is 0.220 e. The van der Waals surface area contributed by atoms with Crippen molar-refractivity contribution in [3.05, 3.63) is 64.4 Å². The number of hydrogen-bond donors (Lipinski definition) is 2. The third-order valence-electron chi connectivity index (χ3n) is 4.47. The number of methoxy groups -OCH3 is 1. The van der Waals surface area contributed by atoms with Crippen LogP contribution in [0.25, 0.3) is 22.4 Å². The van der Waals surface area contributed by atoms with Crippen molar-refractivity contribution in [1.82, 2.24) is 24.9 Å². The predicted molar refractivity (Wildman–Crippen MR) is 113 cm³/mol. The molecule has 4 aromatic rings. The number of rotatable bonds is 6. The van der Waals surface area contributed by atoms with E-state index in [0.717, 1.165) is 5.56 Å². The maximum absolute atomic E-state index is 13.6.